The quantitative estimate of drug-likeness (QED) is 0.161. The molecule has 3 rings (SSSR count). The van der Waals surface area contributed by atoms with Crippen LogP contribution in [0.2, 0.25) is 0 Å². The standard InChI is InChI=1S/4Al.3H4O12P4/c;;;;3*1-13(2)9-14(3,4)11-16(7,8)12-15(5,6)10-13/h;;;;3*(H,1,2)(H,3,4)(H,5,6)(H,7,8)/q4*+3;;;/p-12. The van der Waals surface area contributed by atoms with E-state index in [-0.39, 0.29) is 69.4 Å². The first-order valence-corrected chi connectivity index (χ1v) is 26.3. The minimum atomic E-state index is -5.87. The van der Waals surface area contributed by atoms with E-state index in [1.54, 1.807) is 0 Å². The summed E-state index contributed by atoms with van der Waals surface area (Å²) in [5, 5.41) is 0. The summed E-state index contributed by atoms with van der Waals surface area (Å²) in [7, 11) is -70.4. The van der Waals surface area contributed by atoms with Gasteiger partial charge in [-0.05, 0) is 0 Å². The van der Waals surface area contributed by atoms with E-state index in [4.69, 9.17) is 0 Å². The molecule has 0 aromatic carbocycles. The van der Waals surface area contributed by atoms with Crippen LogP contribution in [0.15, 0.2) is 0 Å². The van der Waals surface area contributed by atoms with E-state index < -0.39 is 93.9 Å². The predicted molar refractivity (Wildman–Crippen MR) is 127 cm³/mol. The molecule has 0 aromatic rings. The van der Waals surface area contributed by atoms with Gasteiger partial charge in [-0.3, -0.25) is 54.8 Å². The Morgan fingerprint density at radius 2 is 0.212 bits per heavy atom. The van der Waals surface area contributed by atoms with Crippen LogP contribution in [-0.2, 0) is 107 Å². The fraction of sp³-hybridized carbons (Fsp3) is 0. The van der Waals surface area contributed by atoms with Crippen LogP contribution in [0.5, 0.6) is 0 Å². The monoisotopic (exact) mass is 1060 g/mol. The Bertz CT molecular complexity index is 1300. The summed E-state index contributed by atoms with van der Waals surface area (Å²) in [5.74, 6) is 0. The van der Waals surface area contributed by atoms with Gasteiger partial charge in [-0.1, -0.05) is 0 Å². The van der Waals surface area contributed by atoms with Crippen molar-refractivity contribution in [1.29, 1.82) is 0 Å². The van der Waals surface area contributed by atoms with E-state index >= 15 is 0 Å². The van der Waals surface area contributed by atoms with Gasteiger partial charge in [0.15, 0.2) is 0 Å². The third-order valence-corrected chi connectivity index (χ3v) is 21.6. The summed E-state index contributed by atoms with van der Waals surface area (Å²) in [6.07, 6.45) is 0. The number of rotatable bonds is 0. The van der Waals surface area contributed by atoms with Crippen molar-refractivity contribution in [3.63, 3.8) is 0 Å². The van der Waals surface area contributed by atoms with Gasteiger partial charge in [0.25, 0.3) is 93.9 Å². The summed E-state index contributed by atoms with van der Waals surface area (Å²) >= 11 is 0. The SMILES string of the molecule is O=P1([O-])OP(=O)([O-])OP(=O)([O-])OP(=O)([O-])O1.O=P1([O-])OP(=O)([O-])OP(=O)([O-])OP(=O)([O-])O1.O=P1([O-])OP(=O)([O-])OP(=O)([O-])OP(=O)([O-])O1.[Al+3].[Al+3].[Al+3].[Al+3]. The molecule has 52 heavy (non-hydrogen) atoms. The molecule has 0 bridgehead atoms. The second-order valence-corrected chi connectivity index (χ2v) is 24.9. The maximum atomic E-state index is 10.6. The first-order valence-electron chi connectivity index (χ1n) is 8.76. The van der Waals surface area contributed by atoms with Crippen molar-refractivity contribution < 1.29 is 165 Å². The van der Waals surface area contributed by atoms with Gasteiger partial charge in [-0.15, -0.1) is 0 Å². The number of hydrogen-bond acceptors (Lipinski definition) is 36. The molecule has 288 valence electrons. The van der Waals surface area contributed by atoms with Gasteiger partial charge >= 0.3 is 69.4 Å². The Balaban J connectivity index is -0.000000320. The van der Waals surface area contributed by atoms with E-state index in [9.17, 15) is 114 Å². The zero-order valence-electron chi connectivity index (χ0n) is 22.4. The molecule has 3 aliphatic rings. The summed E-state index contributed by atoms with van der Waals surface area (Å²) < 4.78 is 163. The maximum absolute atomic E-state index is 10.6. The van der Waals surface area contributed by atoms with Gasteiger partial charge in [0.1, 0.15) is 0 Å². The van der Waals surface area contributed by atoms with Gasteiger partial charge < -0.3 is 58.7 Å². The van der Waals surface area contributed by atoms with Gasteiger partial charge in [0, 0.05) is 0 Å². The van der Waals surface area contributed by atoms with Crippen molar-refractivity contribution in [2.24, 2.45) is 0 Å². The molecule has 0 aromatic heterocycles. The van der Waals surface area contributed by atoms with Crippen molar-refractivity contribution in [2.75, 3.05) is 0 Å². The van der Waals surface area contributed by atoms with Gasteiger partial charge in [0.2, 0.25) is 0 Å². The Morgan fingerprint density at radius 3 is 0.250 bits per heavy atom. The first-order chi connectivity index (χ1) is 20.5. The maximum Gasteiger partial charge on any atom is 3.00 e. The fourth-order valence-electron chi connectivity index (χ4n) is 1.65. The van der Waals surface area contributed by atoms with E-state index in [2.05, 4.69) is 51.7 Å². The molecule has 0 spiro atoms. The minimum absolute atomic E-state index is 0. The molecule has 3 aliphatic heterocycles. The third-order valence-electron chi connectivity index (χ3n) is 2.40. The summed E-state index contributed by atoms with van der Waals surface area (Å²) in [5.41, 5.74) is 0. The third kappa shape index (κ3) is 26.2. The van der Waals surface area contributed by atoms with Crippen LogP contribution in [0, 0.1) is 0 Å². The molecule has 52 heteroatoms. The molecule has 3 saturated heterocycles. The van der Waals surface area contributed by atoms with Crippen LogP contribution in [0.1, 0.15) is 0 Å². The van der Waals surface area contributed by atoms with Crippen molar-refractivity contribution in [3.05, 3.63) is 0 Å². The zero-order chi connectivity index (χ0) is 38.5. The molecule has 0 saturated carbocycles. The molecule has 0 atom stereocenters. The number of hydrogen-bond donors (Lipinski definition) is 0. The first kappa shape index (κ1) is 62.6. The topological polar surface area (TPSA) is 592 Å². The molecule has 0 unspecified atom stereocenters. The fourth-order valence-corrected chi connectivity index (χ4v) is 18.1. The van der Waals surface area contributed by atoms with Crippen molar-refractivity contribution in [2.45, 2.75) is 0 Å². The molecule has 0 N–H and O–H groups in total. The molecule has 0 aliphatic carbocycles. The van der Waals surface area contributed by atoms with Crippen LogP contribution in [0.4, 0.5) is 0 Å². The summed E-state index contributed by atoms with van der Waals surface area (Å²) in [6, 6.07) is 0. The van der Waals surface area contributed by atoms with Gasteiger partial charge in [-0.2, -0.15) is 0 Å². The van der Waals surface area contributed by atoms with Gasteiger partial charge in [0.05, 0.1) is 0 Å². The van der Waals surface area contributed by atoms with Crippen LogP contribution in [-0.4, -0.2) is 69.4 Å². The molecule has 0 amide bonds. The largest absolute Gasteiger partial charge is 3.00 e. The van der Waals surface area contributed by atoms with E-state index in [0.717, 1.165) is 0 Å². The molecule has 0 radical (unpaired) electrons. The van der Waals surface area contributed by atoms with Crippen LogP contribution in [0.25, 0.3) is 0 Å². The van der Waals surface area contributed by atoms with Crippen LogP contribution >= 0.6 is 93.9 Å². The predicted octanol–water partition coefficient (Wildman–Crippen LogP) is -7.70. The summed E-state index contributed by atoms with van der Waals surface area (Å²) in [6.45, 7) is 0. The van der Waals surface area contributed by atoms with E-state index in [1.165, 1.54) is 0 Å². The molecule has 3 fully saturated rings. The summed E-state index contributed by atoms with van der Waals surface area (Å²) in [4.78, 5) is 127. The van der Waals surface area contributed by atoms with E-state index in [1.807, 2.05) is 0 Å². The van der Waals surface area contributed by atoms with Crippen LogP contribution in [0.3, 0.4) is 0 Å². The van der Waals surface area contributed by atoms with Crippen molar-refractivity contribution >= 4 is 163 Å². The second-order valence-electron chi connectivity index (χ2n) is 6.35. The molecular formula is Al4O36P12. The second kappa shape index (κ2) is 20.7. The Kier molecular flexibility index (Phi) is 24.9. The Hall–Kier alpha value is 3.93. The average Bonchev–Trinajstić information content (AvgIpc) is 2.52. The smallest absolute Gasteiger partial charge is 0.756 e. The molecule has 3 heterocycles. The number of phosphoric acid groups is 12. The Labute approximate surface area is 326 Å². The van der Waals surface area contributed by atoms with Crippen molar-refractivity contribution in [3.8, 4) is 0 Å². The van der Waals surface area contributed by atoms with E-state index in [0.29, 0.717) is 0 Å². The minimum Gasteiger partial charge on any atom is -0.756 e. The Morgan fingerprint density at radius 1 is 0.173 bits per heavy atom. The molecule has 36 nitrogen and oxygen atoms in total. The van der Waals surface area contributed by atoms with Gasteiger partial charge in [-0.25, -0.2) is 51.7 Å². The van der Waals surface area contributed by atoms with Crippen molar-refractivity contribution in [1.82, 2.24) is 0 Å². The normalized spacial score (nSPS) is 51.0. The van der Waals surface area contributed by atoms with Crippen LogP contribution < -0.4 is 58.7 Å². The zero-order valence-corrected chi connectivity index (χ0v) is 37.7. The molecular weight excluding hydrogens is 1060 g/mol. The average molecular weight is 1060 g/mol.